The van der Waals surface area contributed by atoms with Gasteiger partial charge in [-0.05, 0) is 60.4 Å². The number of H-pyrrole nitrogens is 1. The lowest BCUT2D eigenvalue weighted by Crippen LogP contribution is -2.23. The zero-order valence-corrected chi connectivity index (χ0v) is 18.6. The third-order valence-electron chi connectivity index (χ3n) is 5.81. The number of hydrogen-bond donors (Lipinski definition) is 2. The first kappa shape index (κ1) is 21.2. The summed E-state index contributed by atoms with van der Waals surface area (Å²) in [7, 11) is 0. The topological polar surface area (TPSA) is 91.0 Å². The van der Waals surface area contributed by atoms with Gasteiger partial charge in [-0.15, -0.1) is 0 Å². The van der Waals surface area contributed by atoms with Crippen LogP contribution in [0.15, 0.2) is 60.9 Å². The fourth-order valence-corrected chi connectivity index (χ4v) is 4.27. The van der Waals surface area contributed by atoms with Gasteiger partial charge in [0.15, 0.2) is 0 Å². The first-order valence-corrected chi connectivity index (χ1v) is 11.2. The van der Waals surface area contributed by atoms with E-state index in [0.717, 1.165) is 46.4 Å². The lowest BCUT2D eigenvalue weighted by molar-refractivity contribution is -0.117. The molecule has 0 unspecified atom stereocenters. The molecule has 1 saturated heterocycles. The Labute approximate surface area is 195 Å². The van der Waals surface area contributed by atoms with E-state index in [1.54, 1.807) is 18.5 Å². The molecule has 2 N–H and O–H groups in total. The summed E-state index contributed by atoms with van der Waals surface area (Å²) in [5.41, 5.74) is 5.04. The van der Waals surface area contributed by atoms with Crippen LogP contribution in [-0.2, 0) is 17.8 Å². The second-order valence-corrected chi connectivity index (χ2v) is 8.56. The summed E-state index contributed by atoms with van der Waals surface area (Å²) < 4.78 is 0. The predicted molar refractivity (Wildman–Crippen MR) is 127 cm³/mol. The molecular formula is C25H22ClN5O2. The lowest BCUT2D eigenvalue weighted by atomic mass is 10.0. The summed E-state index contributed by atoms with van der Waals surface area (Å²) in [4.78, 5) is 30.7. The van der Waals surface area contributed by atoms with Crippen molar-refractivity contribution in [3.63, 3.8) is 0 Å². The molecule has 0 radical (unpaired) electrons. The van der Waals surface area contributed by atoms with Crippen molar-refractivity contribution >= 4 is 40.0 Å². The number of fused-ring (bicyclic) bond motifs is 1. The minimum Gasteiger partial charge on any atom is -0.346 e. The lowest BCUT2D eigenvalue weighted by Gasteiger charge is -2.16. The molecule has 0 atom stereocenters. The van der Waals surface area contributed by atoms with Crippen LogP contribution in [0.25, 0.3) is 10.9 Å². The molecule has 0 saturated carbocycles. The summed E-state index contributed by atoms with van der Waals surface area (Å²) in [6, 6.07) is 15.3. The Morgan fingerprint density at radius 2 is 1.94 bits per heavy atom. The van der Waals surface area contributed by atoms with E-state index in [1.807, 2.05) is 47.4 Å². The van der Waals surface area contributed by atoms with Gasteiger partial charge in [0.05, 0.1) is 23.3 Å². The van der Waals surface area contributed by atoms with E-state index >= 15 is 0 Å². The Morgan fingerprint density at radius 1 is 1.09 bits per heavy atom. The van der Waals surface area contributed by atoms with E-state index < -0.39 is 0 Å². The van der Waals surface area contributed by atoms with Crippen LogP contribution in [0.1, 0.15) is 40.0 Å². The van der Waals surface area contributed by atoms with Gasteiger partial charge < -0.3 is 10.2 Å². The minimum absolute atomic E-state index is 0.178. The molecule has 2 aromatic heterocycles. The minimum atomic E-state index is -0.211. The van der Waals surface area contributed by atoms with E-state index in [4.69, 9.17) is 11.6 Å². The van der Waals surface area contributed by atoms with E-state index in [2.05, 4.69) is 20.5 Å². The smallest absolute Gasteiger partial charge is 0.253 e. The molecule has 3 heterocycles. The highest BCUT2D eigenvalue weighted by Gasteiger charge is 2.21. The first-order valence-electron chi connectivity index (χ1n) is 10.8. The van der Waals surface area contributed by atoms with Gasteiger partial charge in [0.1, 0.15) is 0 Å². The molecule has 0 aliphatic carbocycles. The van der Waals surface area contributed by atoms with E-state index in [1.165, 1.54) is 0 Å². The van der Waals surface area contributed by atoms with Crippen molar-refractivity contribution in [2.75, 3.05) is 11.4 Å². The number of amides is 2. The molecular weight excluding hydrogens is 438 g/mol. The molecule has 1 aliphatic rings. The largest absolute Gasteiger partial charge is 0.346 e. The van der Waals surface area contributed by atoms with Crippen molar-refractivity contribution < 1.29 is 9.59 Å². The van der Waals surface area contributed by atoms with Gasteiger partial charge in [0.25, 0.3) is 5.91 Å². The first-order chi connectivity index (χ1) is 16.1. The number of halogens is 1. The number of rotatable bonds is 6. The van der Waals surface area contributed by atoms with Gasteiger partial charge in [0.2, 0.25) is 5.91 Å². The third kappa shape index (κ3) is 4.59. The molecule has 2 amide bonds. The highest BCUT2D eigenvalue weighted by Crippen LogP contribution is 2.23. The molecule has 33 heavy (non-hydrogen) atoms. The van der Waals surface area contributed by atoms with Crippen molar-refractivity contribution in [3.8, 4) is 0 Å². The summed E-state index contributed by atoms with van der Waals surface area (Å²) >= 11 is 6.08. The zero-order chi connectivity index (χ0) is 22.8. The highest BCUT2D eigenvalue weighted by atomic mass is 35.5. The Kier molecular flexibility index (Phi) is 5.79. The number of carbonyl (C=O) groups excluding carboxylic acids is 2. The number of aromatic nitrogens is 3. The van der Waals surface area contributed by atoms with Crippen molar-refractivity contribution in [3.05, 3.63) is 88.3 Å². The molecule has 8 heteroatoms. The van der Waals surface area contributed by atoms with Gasteiger partial charge in [-0.1, -0.05) is 23.7 Å². The molecule has 4 aromatic rings. The number of carbonyl (C=O) groups is 2. The number of hydrogen-bond acceptors (Lipinski definition) is 4. The number of anilines is 1. The summed E-state index contributed by atoms with van der Waals surface area (Å²) in [5, 5.41) is 11.6. The Hall–Kier alpha value is -3.71. The number of aromatic amines is 1. The molecule has 2 aromatic carbocycles. The van der Waals surface area contributed by atoms with Crippen molar-refractivity contribution in [1.29, 1.82) is 0 Å². The molecule has 5 rings (SSSR count). The summed E-state index contributed by atoms with van der Waals surface area (Å²) in [6.45, 7) is 1.08. The van der Waals surface area contributed by atoms with Crippen LogP contribution in [-0.4, -0.2) is 33.5 Å². The molecule has 0 bridgehead atoms. The van der Waals surface area contributed by atoms with Crippen molar-refractivity contribution in [2.45, 2.75) is 25.8 Å². The van der Waals surface area contributed by atoms with Crippen molar-refractivity contribution in [1.82, 2.24) is 20.5 Å². The second-order valence-electron chi connectivity index (χ2n) is 8.12. The van der Waals surface area contributed by atoms with E-state index in [0.29, 0.717) is 30.0 Å². The van der Waals surface area contributed by atoms with Crippen LogP contribution in [0, 0.1) is 0 Å². The fourth-order valence-electron chi connectivity index (χ4n) is 4.10. The normalized spacial score (nSPS) is 13.6. The third-order valence-corrected chi connectivity index (χ3v) is 6.04. The van der Waals surface area contributed by atoms with E-state index in [-0.39, 0.29) is 11.8 Å². The monoisotopic (exact) mass is 459 g/mol. The van der Waals surface area contributed by atoms with Gasteiger partial charge in [0, 0.05) is 41.5 Å². The molecule has 0 spiro atoms. The van der Waals surface area contributed by atoms with Crippen LogP contribution in [0.5, 0.6) is 0 Å². The van der Waals surface area contributed by atoms with Crippen LogP contribution in [0.2, 0.25) is 5.02 Å². The maximum Gasteiger partial charge on any atom is 0.253 e. The van der Waals surface area contributed by atoms with Crippen LogP contribution >= 0.6 is 11.6 Å². The maximum absolute atomic E-state index is 12.7. The Balaban J connectivity index is 1.24. The molecule has 166 valence electrons. The number of nitrogens with one attached hydrogen (secondary N) is 2. The quantitative estimate of drug-likeness (QED) is 0.450. The van der Waals surface area contributed by atoms with Crippen LogP contribution in [0.4, 0.5) is 5.69 Å². The van der Waals surface area contributed by atoms with Crippen LogP contribution in [0.3, 0.4) is 0 Å². The summed E-state index contributed by atoms with van der Waals surface area (Å²) in [6.07, 6.45) is 5.49. The number of benzene rings is 2. The standard InChI is InChI=1S/C25H22ClN5O2/c26-19-5-8-22-21(12-19)23(30-29-22)15-28-25(33)18-11-17(13-27-14-18)10-16-3-6-20(7-4-16)31-9-1-2-24(31)32/h3-8,11-14H,1-2,9-10,15H2,(H,28,33)(H,29,30). The average Bonchev–Trinajstić information content (AvgIpc) is 3.44. The zero-order valence-electron chi connectivity index (χ0n) is 17.8. The Morgan fingerprint density at radius 3 is 2.73 bits per heavy atom. The fraction of sp³-hybridized carbons (Fsp3) is 0.200. The number of nitrogens with zero attached hydrogens (tertiary/aromatic N) is 3. The molecule has 1 fully saturated rings. The van der Waals surface area contributed by atoms with Gasteiger partial charge in [-0.25, -0.2) is 0 Å². The maximum atomic E-state index is 12.7. The van der Waals surface area contributed by atoms with E-state index in [9.17, 15) is 9.59 Å². The highest BCUT2D eigenvalue weighted by molar-refractivity contribution is 6.31. The van der Waals surface area contributed by atoms with Crippen molar-refractivity contribution in [2.24, 2.45) is 0 Å². The Bertz CT molecular complexity index is 1330. The van der Waals surface area contributed by atoms with Gasteiger partial charge >= 0.3 is 0 Å². The number of pyridine rings is 1. The predicted octanol–water partition coefficient (Wildman–Crippen LogP) is 4.26. The van der Waals surface area contributed by atoms with Crippen LogP contribution < -0.4 is 10.2 Å². The average molecular weight is 460 g/mol. The van der Waals surface area contributed by atoms with Gasteiger partial charge in [-0.2, -0.15) is 5.10 Å². The summed E-state index contributed by atoms with van der Waals surface area (Å²) in [5.74, 6) is -0.0334. The second kappa shape index (κ2) is 9.03. The molecule has 1 aliphatic heterocycles. The van der Waals surface area contributed by atoms with Gasteiger partial charge in [-0.3, -0.25) is 19.7 Å². The molecule has 7 nitrogen and oxygen atoms in total. The SMILES string of the molecule is O=C(NCc1[nH]nc2ccc(Cl)cc12)c1cncc(Cc2ccc(N3CCCC3=O)cc2)c1.